The second-order valence-corrected chi connectivity index (χ2v) is 15.3. The number of rotatable bonds is 11. The van der Waals surface area contributed by atoms with Crippen LogP contribution in [0.15, 0.2) is 23.8 Å². The minimum absolute atomic E-state index is 0. The van der Waals surface area contributed by atoms with Crippen molar-refractivity contribution in [3.63, 3.8) is 0 Å². The molecule has 3 saturated carbocycles. The van der Waals surface area contributed by atoms with E-state index in [4.69, 9.17) is 9.47 Å². The van der Waals surface area contributed by atoms with E-state index in [1.807, 2.05) is 0 Å². The van der Waals surface area contributed by atoms with Crippen LogP contribution in [0.1, 0.15) is 120 Å². The smallest absolute Gasteiger partial charge is 0.512 e. The molecule has 0 aromatic carbocycles. The molecule has 5 heteroatoms. The van der Waals surface area contributed by atoms with E-state index in [-0.39, 0.29) is 35.5 Å². The third kappa shape index (κ3) is 6.97. The number of hydrogen-bond donors (Lipinski definition) is 0. The summed E-state index contributed by atoms with van der Waals surface area (Å²) in [5.41, 5.74) is 2.30. The van der Waals surface area contributed by atoms with Gasteiger partial charge in [-0.2, -0.15) is 0 Å². The van der Waals surface area contributed by atoms with E-state index < -0.39 is 6.16 Å². The van der Waals surface area contributed by atoms with Crippen molar-refractivity contribution < 1.29 is 42.7 Å². The molecule has 0 spiro atoms. The summed E-state index contributed by atoms with van der Waals surface area (Å²) >= 11 is 0. The number of fused-ring (bicyclic) bond motifs is 5. The zero-order valence-electron chi connectivity index (χ0n) is 28.6. The Balaban J connectivity index is 0.00000484. The second kappa shape index (κ2) is 14.7. The molecule has 4 aliphatic carbocycles. The van der Waals surface area contributed by atoms with Crippen LogP contribution in [-0.2, 0) is 9.47 Å². The van der Waals surface area contributed by atoms with Crippen LogP contribution in [0, 0.1) is 52.3 Å². The van der Waals surface area contributed by atoms with Crippen LogP contribution in [0.2, 0.25) is 0 Å². The summed E-state index contributed by atoms with van der Waals surface area (Å²) in [5.74, 6) is 5.35. The van der Waals surface area contributed by atoms with E-state index in [2.05, 4.69) is 80.5 Å². The largest absolute Gasteiger partial charge is 1.00 e. The van der Waals surface area contributed by atoms with E-state index in [9.17, 15) is 4.79 Å². The Morgan fingerprint density at radius 1 is 0.976 bits per heavy atom. The van der Waals surface area contributed by atoms with Crippen molar-refractivity contribution in [3.8, 4) is 0 Å². The summed E-state index contributed by atoms with van der Waals surface area (Å²) in [4.78, 5) is 12.7. The third-order valence-corrected chi connectivity index (χ3v) is 13.5. The van der Waals surface area contributed by atoms with Crippen molar-refractivity contribution in [1.29, 1.82) is 0 Å². The van der Waals surface area contributed by atoms with Crippen LogP contribution in [0.25, 0.3) is 0 Å². The van der Waals surface area contributed by atoms with Gasteiger partial charge in [0.25, 0.3) is 0 Å². The van der Waals surface area contributed by atoms with Crippen LogP contribution in [0.5, 0.6) is 0 Å². The van der Waals surface area contributed by atoms with Gasteiger partial charge >= 0.3 is 6.16 Å². The van der Waals surface area contributed by atoms with Crippen LogP contribution in [0.3, 0.4) is 0 Å². The minimum atomic E-state index is -0.474. The molecule has 0 amide bonds. The van der Waals surface area contributed by atoms with Gasteiger partial charge in [0.05, 0.1) is 19.6 Å². The minimum Gasteiger partial charge on any atom is -1.00 e. The molecular weight excluding hydrogens is 633 g/mol. The van der Waals surface area contributed by atoms with Crippen molar-refractivity contribution >= 4 is 6.16 Å². The van der Waals surface area contributed by atoms with Gasteiger partial charge in [0.15, 0.2) is 0 Å². The molecule has 42 heavy (non-hydrogen) atoms. The SMILES string of the molecule is CCC(/C=C/[C@@H](C)[C@H]1CC[C@H]2[C@@H]3CC=C4C[C@@H](OC(=O)OC[N+](CC)(CC)CC)CC[C@]4(C)[C@H]3CC[C@]12C)C(C)C.[I-]. The Morgan fingerprint density at radius 2 is 1.67 bits per heavy atom. The zero-order valence-corrected chi connectivity index (χ0v) is 30.8. The van der Waals surface area contributed by atoms with Crippen LogP contribution < -0.4 is 24.0 Å². The van der Waals surface area contributed by atoms with Gasteiger partial charge < -0.3 is 33.5 Å². The highest BCUT2D eigenvalue weighted by Gasteiger charge is 2.59. The molecule has 0 aliphatic heterocycles. The number of nitrogens with zero attached hydrogens (tertiary/aromatic N) is 1. The van der Waals surface area contributed by atoms with Crippen molar-refractivity contribution in [2.45, 2.75) is 126 Å². The van der Waals surface area contributed by atoms with Crippen LogP contribution >= 0.6 is 0 Å². The summed E-state index contributed by atoms with van der Waals surface area (Å²) in [6.45, 7) is 24.6. The molecule has 0 aromatic heterocycles. The normalized spacial score (nSPS) is 35.9. The fourth-order valence-electron chi connectivity index (χ4n) is 10.2. The standard InChI is InChI=1S/C37H64NO3.HI/c1-10-28(26(5)6)15-14-27(7)32-18-19-33-31-17-16-29-24-30(41-35(39)40-25-38(11-2,12-3)13-4)20-22-36(29,8)34(31)21-23-37(32,33)9;/h14-16,26-28,30-34H,10-13,17-25H2,1-9H3;1H/q+1;/p-1/b15-14+;/t27-,28?,30+,31+,32-,33+,34+,36+,37-;/m1./s1. The van der Waals surface area contributed by atoms with Gasteiger partial charge in [0.1, 0.15) is 6.10 Å². The van der Waals surface area contributed by atoms with Gasteiger partial charge in [0.2, 0.25) is 6.73 Å². The average Bonchev–Trinajstić information content (AvgIpc) is 3.31. The maximum Gasteiger partial charge on any atom is 0.512 e. The Bertz CT molecular complexity index is 948. The molecule has 0 aromatic rings. The first-order valence-corrected chi connectivity index (χ1v) is 17.5. The molecule has 0 bridgehead atoms. The Labute approximate surface area is 276 Å². The number of carbonyl (C=O) groups is 1. The van der Waals surface area contributed by atoms with E-state index in [0.29, 0.717) is 24.0 Å². The van der Waals surface area contributed by atoms with E-state index >= 15 is 0 Å². The number of allylic oxidation sites excluding steroid dienone is 3. The summed E-state index contributed by atoms with van der Waals surface area (Å²) in [6.07, 6.45) is 18.2. The Kier molecular flexibility index (Phi) is 12.6. The fourth-order valence-corrected chi connectivity index (χ4v) is 10.2. The molecule has 0 N–H and O–H groups in total. The lowest BCUT2D eigenvalue weighted by Gasteiger charge is -2.58. The maximum atomic E-state index is 12.7. The lowest BCUT2D eigenvalue weighted by atomic mass is 9.47. The number of halogens is 1. The summed E-state index contributed by atoms with van der Waals surface area (Å²) in [6, 6.07) is 0. The first-order valence-electron chi connectivity index (χ1n) is 17.5. The van der Waals surface area contributed by atoms with E-state index in [1.165, 1.54) is 38.5 Å². The summed E-state index contributed by atoms with van der Waals surface area (Å²) in [5, 5.41) is 0. The quantitative estimate of drug-likeness (QED) is 0.0784. The number of ether oxygens (including phenoxy) is 2. The topological polar surface area (TPSA) is 35.5 Å². The van der Waals surface area contributed by atoms with Gasteiger partial charge in [-0.3, -0.25) is 4.48 Å². The highest BCUT2D eigenvalue weighted by molar-refractivity contribution is 5.60. The zero-order chi connectivity index (χ0) is 30.0. The van der Waals surface area contributed by atoms with Gasteiger partial charge in [-0.15, -0.1) is 0 Å². The summed E-state index contributed by atoms with van der Waals surface area (Å²) in [7, 11) is 0. The molecule has 0 saturated heterocycles. The predicted molar refractivity (Wildman–Crippen MR) is 170 cm³/mol. The molecule has 4 nitrogen and oxygen atoms in total. The van der Waals surface area contributed by atoms with Crippen molar-refractivity contribution in [2.24, 2.45) is 52.3 Å². The van der Waals surface area contributed by atoms with E-state index in [0.717, 1.165) is 73.0 Å². The molecule has 3 fully saturated rings. The highest BCUT2D eigenvalue weighted by atomic mass is 127. The second-order valence-electron chi connectivity index (χ2n) is 15.3. The van der Waals surface area contributed by atoms with Crippen molar-refractivity contribution in [2.75, 3.05) is 26.4 Å². The molecular formula is C37H64INO3. The van der Waals surface area contributed by atoms with Crippen molar-refractivity contribution in [3.05, 3.63) is 23.8 Å². The number of quaternary nitrogens is 1. The van der Waals surface area contributed by atoms with Gasteiger partial charge in [-0.05, 0) is 124 Å². The molecule has 4 aliphatic rings. The number of carbonyl (C=O) groups excluding carboxylic acids is 1. The Hall–Kier alpha value is -0.560. The molecule has 4 rings (SSSR count). The lowest BCUT2D eigenvalue weighted by molar-refractivity contribution is -0.939. The molecule has 242 valence electrons. The monoisotopic (exact) mass is 697 g/mol. The molecule has 0 heterocycles. The van der Waals surface area contributed by atoms with E-state index in [1.54, 1.807) is 5.57 Å². The predicted octanol–water partition coefficient (Wildman–Crippen LogP) is 6.80. The summed E-state index contributed by atoms with van der Waals surface area (Å²) < 4.78 is 12.4. The molecule has 9 atom stereocenters. The molecule has 0 radical (unpaired) electrons. The maximum absolute atomic E-state index is 12.7. The number of hydrogen-bond acceptors (Lipinski definition) is 3. The van der Waals surface area contributed by atoms with Gasteiger partial charge in [-0.25, -0.2) is 4.79 Å². The Morgan fingerprint density at radius 3 is 2.29 bits per heavy atom. The first-order chi connectivity index (χ1) is 19.5. The van der Waals surface area contributed by atoms with Crippen molar-refractivity contribution in [1.82, 2.24) is 0 Å². The fraction of sp³-hybridized carbons (Fsp3) is 0.865. The lowest BCUT2D eigenvalue weighted by Crippen LogP contribution is -3.00. The van der Waals surface area contributed by atoms with Crippen LogP contribution in [0.4, 0.5) is 4.79 Å². The van der Waals surface area contributed by atoms with Gasteiger partial charge in [-0.1, -0.05) is 65.3 Å². The van der Waals surface area contributed by atoms with Crippen LogP contribution in [-0.4, -0.2) is 43.1 Å². The first kappa shape index (κ1) is 35.9. The third-order valence-electron chi connectivity index (χ3n) is 13.5. The average molecular weight is 698 g/mol. The highest BCUT2D eigenvalue weighted by Crippen LogP contribution is 2.67. The molecule has 1 unspecified atom stereocenters. The van der Waals surface area contributed by atoms with Gasteiger partial charge in [0, 0.05) is 6.42 Å².